The van der Waals surface area contributed by atoms with E-state index in [0.29, 0.717) is 40.7 Å². The van der Waals surface area contributed by atoms with Crippen molar-refractivity contribution >= 4 is 28.8 Å². The topological polar surface area (TPSA) is 86.1 Å². The molecular weight excluding hydrogens is 408 g/mol. The van der Waals surface area contributed by atoms with Crippen molar-refractivity contribution in [3.8, 4) is 6.07 Å². The summed E-state index contributed by atoms with van der Waals surface area (Å²) in [7, 11) is 0. The molecule has 0 spiro atoms. The number of hydrogen-bond donors (Lipinski definition) is 1. The maximum absolute atomic E-state index is 13.1. The number of hydrogen-bond acceptors (Lipinski definition) is 5. The molecule has 7 heteroatoms. The molecule has 6 nitrogen and oxygen atoms in total. The Hall–Kier alpha value is -3.50. The van der Waals surface area contributed by atoms with Crippen molar-refractivity contribution in [1.82, 2.24) is 9.88 Å². The van der Waals surface area contributed by atoms with Crippen LogP contribution < -0.4 is 5.32 Å². The zero-order valence-electron chi connectivity index (χ0n) is 17.2. The number of benzene rings is 2. The van der Waals surface area contributed by atoms with Crippen LogP contribution in [-0.2, 0) is 0 Å². The van der Waals surface area contributed by atoms with Crippen LogP contribution in [-0.4, -0.2) is 34.8 Å². The number of nitrogens with one attached hydrogen (secondary N) is 1. The largest absolute Gasteiger partial charge is 0.339 e. The molecule has 0 atom stereocenters. The van der Waals surface area contributed by atoms with Crippen LogP contribution in [0.4, 0.5) is 5.69 Å². The second-order valence-electron chi connectivity index (χ2n) is 7.65. The third-order valence-electron chi connectivity index (χ3n) is 5.68. The van der Waals surface area contributed by atoms with Crippen molar-refractivity contribution in [3.63, 3.8) is 0 Å². The number of piperidine rings is 1. The number of thiazole rings is 1. The van der Waals surface area contributed by atoms with Crippen LogP contribution in [0.15, 0.2) is 54.2 Å². The van der Waals surface area contributed by atoms with Crippen LogP contribution in [0, 0.1) is 18.3 Å². The lowest BCUT2D eigenvalue weighted by Crippen LogP contribution is -2.38. The monoisotopic (exact) mass is 430 g/mol. The van der Waals surface area contributed by atoms with Gasteiger partial charge in [-0.3, -0.25) is 14.6 Å². The number of anilines is 1. The standard InChI is InChI=1S/C24H22N4O2S/c1-16-2-5-20(12-21(16)27-23(29)22-14-26-15-31-22)24(30)28-10-8-19(9-11-28)18-6-3-17(13-25)4-7-18/h2-7,12,14-15,19H,8-11H2,1H3,(H,27,29). The summed E-state index contributed by atoms with van der Waals surface area (Å²) in [6.45, 7) is 3.26. The van der Waals surface area contributed by atoms with Crippen molar-refractivity contribution in [2.24, 2.45) is 0 Å². The molecule has 3 aromatic rings. The molecule has 2 heterocycles. The first-order valence-electron chi connectivity index (χ1n) is 10.1. The lowest BCUT2D eigenvalue weighted by molar-refractivity contribution is 0.0712. The minimum atomic E-state index is -0.224. The first-order chi connectivity index (χ1) is 15.0. The highest BCUT2D eigenvalue weighted by atomic mass is 32.1. The van der Waals surface area contributed by atoms with Gasteiger partial charge in [-0.25, -0.2) is 0 Å². The van der Waals surface area contributed by atoms with Crippen molar-refractivity contribution in [1.29, 1.82) is 5.26 Å². The Morgan fingerprint density at radius 3 is 2.55 bits per heavy atom. The molecule has 31 heavy (non-hydrogen) atoms. The normalized spacial score (nSPS) is 14.1. The lowest BCUT2D eigenvalue weighted by Gasteiger charge is -2.32. The zero-order chi connectivity index (χ0) is 21.8. The molecule has 0 aliphatic carbocycles. The van der Waals surface area contributed by atoms with Crippen LogP contribution in [0.3, 0.4) is 0 Å². The Kier molecular flexibility index (Phi) is 6.10. The van der Waals surface area contributed by atoms with Gasteiger partial charge >= 0.3 is 0 Å². The van der Waals surface area contributed by atoms with Crippen LogP contribution in [0.2, 0.25) is 0 Å². The van der Waals surface area contributed by atoms with Gasteiger partial charge in [0.2, 0.25) is 0 Å². The number of nitrogens with zero attached hydrogens (tertiary/aromatic N) is 3. The summed E-state index contributed by atoms with van der Waals surface area (Å²) in [6, 6.07) is 15.3. The maximum atomic E-state index is 13.1. The second-order valence-corrected chi connectivity index (χ2v) is 8.54. The summed E-state index contributed by atoms with van der Waals surface area (Å²) >= 11 is 1.28. The van der Waals surface area contributed by atoms with Crippen LogP contribution in [0.25, 0.3) is 0 Å². The molecule has 2 amide bonds. The zero-order valence-corrected chi connectivity index (χ0v) is 18.0. The van der Waals surface area contributed by atoms with Gasteiger partial charge in [0, 0.05) is 24.3 Å². The average Bonchev–Trinajstić information content (AvgIpc) is 3.35. The van der Waals surface area contributed by atoms with E-state index in [9.17, 15) is 9.59 Å². The highest BCUT2D eigenvalue weighted by Crippen LogP contribution is 2.29. The first kappa shape index (κ1) is 20.8. The van der Waals surface area contributed by atoms with E-state index in [4.69, 9.17) is 5.26 Å². The number of rotatable bonds is 4. The van der Waals surface area contributed by atoms with Gasteiger partial charge in [-0.05, 0) is 61.1 Å². The number of carbonyl (C=O) groups is 2. The van der Waals surface area contributed by atoms with Gasteiger partial charge in [-0.15, -0.1) is 11.3 Å². The van der Waals surface area contributed by atoms with Crippen LogP contribution in [0.1, 0.15) is 55.5 Å². The summed E-state index contributed by atoms with van der Waals surface area (Å²) in [6.07, 6.45) is 3.30. The molecule has 0 radical (unpaired) electrons. The van der Waals surface area contributed by atoms with E-state index < -0.39 is 0 Å². The molecule has 1 saturated heterocycles. The second kappa shape index (κ2) is 9.11. The van der Waals surface area contributed by atoms with Gasteiger partial charge < -0.3 is 10.2 Å². The minimum absolute atomic E-state index is 0.0217. The molecule has 0 bridgehead atoms. The quantitative estimate of drug-likeness (QED) is 0.656. The molecular formula is C24H22N4O2S. The van der Waals surface area contributed by atoms with Gasteiger partial charge in [0.15, 0.2) is 0 Å². The molecule has 0 unspecified atom stereocenters. The third kappa shape index (κ3) is 4.65. The highest BCUT2D eigenvalue weighted by Gasteiger charge is 2.25. The van der Waals surface area contributed by atoms with E-state index in [1.54, 1.807) is 11.6 Å². The Bertz CT molecular complexity index is 1130. The Balaban J connectivity index is 1.41. The van der Waals surface area contributed by atoms with E-state index >= 15 is 0 Å². The maximum Gasteiger partial charge on any atom is 0.267 e. The van der Waals surface area contributed by atoms with Crippen molar-refractivity contribution in [2.75, 3.05) is 18.4 Å². The predicted octanol–water partition coefficient (Wildman–Crippen LogP) is 4.60. The number of aryl methyl sites for hydroxylation is 1. The number of aromatic nitrogens is 1. The molecule has 1 aromatic heterocycles. The SMILES string of the molecule is Cc1ccc(C(=O)N2CCC(c3ccc(C#N)cc3)CC2)cc1NC(=O)c1cncs1. The number of amides is 2. The molecule has 1 N–H and O–H groups in total. The fraction of sp³-hybridized carbons (Fsp3) is 0.250. The third-order valence-corrected chi connectivity index (χ3v) is 6.45. The number of likely N-dealkylation sites (tertiary alicyclic amines) is 1. The molecule has 2 aromatic carbocycles. The summed E-state index contributed by atoms with van der Waals surface area (Å²) in [5.74, 6) is 0.147. The Labute approximate surface area is 185 Å². The van der Waals surface area contributed by atoms with Gasteiger partial charge in [0.05, 0.1) is 23.3 Å². The summed E-state index contributed by atoms with van der Waals surface area (Å²) in [5.41, 5.74) is 5.60. The molecule has 1 aliphatic heterocycles. The van der Waals surface area contributed by atoms with E-state index in [1.165, 1.54) is 23.1 Å². The molecule has 156 valence electrons. The fourth-order valence-electron chi connectivity index (χ4n) is 3.83. The van der Waals surface area contributed by atoms with Crippen molar-refractivity contribution in [3.05, 3.63) is 81.3 Å². The minimum Gasteiger partial charge on any atom is -0.339 e. The van der Waals surface area contributed by atoms with E-state index in [2.05, 4.69) is 16.4 Å². The smallest absolute Gasteiger partial charge is 0.267 e. The van der Waals surface area contributed by atoms with Gasteiger partial charge in [0.25, 0.3) is 11.8 Å². The fourth-order valence-corrected chi connectivity index (χ4v) is 4.34. The summed E-state index contributed by atoms with van der Waals surface area (Å²) in [5, 5.41) is 11.8. The highest BCUT2D eigenvalue weighted by molar-refractivity contribution is 7.11. The Morgan fingerprint density at radius 2 is 1.90 bits per heavy atom. The molecule has 1 fully saturated rings. The van der Waals surface area contributed by atoms with Crippen LogP contribution in [0.5, 0.6) is 0 Å². The van der Waals surface area contributed by atoms with Crippen molar-refractivity contribution in [2.45, 2.75) is 25.7 Å². The van der Waals surface area contributed by atoms with Crippen molar-refractivity contribution < 1.29 is 9.59 Å². The van der Waals surface area contributed by atoms with E-state index in [-0.39, 0.29) is 11.8 Å². The van der Waals surface area contributed by atoms with Gasteiger partial charge in [-0.1, -0.05) is 18.2 Å². The lowest BCUT2D eigenvalue weighted by atomic mass is 9.89. The number of carbonyl (C=O) groups excluding carboxylic acids is 2. The van der Waals surface area contributed by atoms with E-state index in [0.717, 1.165) is 18.4 Å². The van der Waals surface area contributed by atoms with E-state index in [1.807, 2.05) is 48.2 Å². The molecule has 0 saturated carbocycles. The van der Waals surface area contributed by atoms with Gasteiger partial charge in [-0.2, -0.15) is 5.26 Å². The molecule has 4 rings (SSSR count). The predicted molar refractivity (Wildman–Crippen MR) is 120 cm³/mol. The first-order valence-corrected chi connectivity index (χ1v) is 11.0. The average molecular weight is 431 g/mol. The molecule has 1 aliphatic rings. The van der Waals surface area contributed by atoms with Gasteiger partial charge in [0.1, 0.15) is 4.88 Å². The summed E-state index contributed by atoms with van der Waals surface area (Å²) < 4.78 is 0. The van der Waals surface area contributed by atoms with Crippen LogP contribution >= 0.6 is 11.3 Å². The Morgan fingerprint density at radius 1 is 1.16 bits per heavy atom. The number of nitriles is 1. The summed E-state index contributed by atoms with van der Waals surface area (Å²) in [4.78, 5) is 31.8.